The van der Waals surface area contributed by atoms with Crippen LogP contribution in [0.2, 0.25) is 0 Å². The third-order valence-electron chi connectivity index (χ3n) is 3.69. The molecule has 0 aromatic carbocycles. The molecule has 0 saturated carbocycles. The molecule has 1 aromatic rings. The van der Waals surface area contributed by atoms with Crippen LogP contribution in [0.25, 0.3) is 0 Å². The molecule has 1 aromatic heterocycles. The van der Waals surface area contributed by atoms with Gasteiger partial charge in [-0.3, -0.25) is 4.90 Å². The summed E-state index contributed by atoms with van der Waals surface area (Å²) in [5, 5.41) is 7.18. The second-order valence-electron chi connectivity index (χ2n) is 4.79. The van der Waals surface area contributed by atoms with Crippen LogP contribution in [0.5, 0.6) is 0 Å². The third-order valence-corrected chi connectivity index (χ3v) is 3.69. The van der Waals surface area contributed by atoms with E-state index in [-0.39, 0.29) is 0 Å². The molecule has 0 aliphatic carbocycles. The molecule has 3 heterocycles. The molecule has 1 N–H and O–H groups in total. The second kappa shape index (κ2) is 4.05. The number of piperidine rings is 1. The van der Waals surface area contributed by atoms with E-state index in [1.54, 1.807) is 0 Å². The number of aromatic nitrogens is 2. The van der Waals surface area contributed by atoms with E-state index in [1.165, 1.54) is 38.8 Å². The number of anilines is 1. The topological polar surface area (TPSA) is 54.2 Å². The Labute approximate surface area is 95.2 Å². The van der Waals surface area contributed by atoms with Gasteiger partial charge < -0.3 is 9.84 Å². The van der Waals surface area contributed by atoms with Crippen molar-refractivity contribution in [3.05, 3.63) is 5.82 Å². The van der Waals surface area contributed by atoms with Crippen LogP contribution in [-0.2, 0) is 0 Å². The minimum atomic E-state index is 0.486. The van der Waals surface area contributed by atoms with Crippen molar-refractivity contribution in [2.45, 2.75) is 44.7 Å². The number of hydrogen-bond acceptors (Lipinski definition) is 5. The lowest BCUT2D eigenvalue weighted by molar-refractivity contribution is 0.192. The number of rotatable bonds is 2. The lowest BCUT2D eigenvalue weighted by atomic mass is 9.99. The molecule has 5 heteroatoms. The molecule has 5 nitrogen and oxygen atoms in total. The molecule has 2 aliphatic rings. The summed E-state index contributed by atoms with van der Waals surface area (Å²) >= 11 is 0. The third kappa shape index (κ3) is 1.80. The van der Waals surface area contributed by atoms with Crippen molar-refractivity contribution in [3.63, 3.8) is 0 Å². The lowest BCUT2D eigenvalue weighted by Crippen LogP contribution is -2.41. The summed E-state index contributed by atoms with van der Waals surface area (Å²) in [6, 6.07) is 1.73. The maximum absolute atomic E-state index is 5.12. The van der Waals surface area contributed by atoms with Gasteiger partial charge in [0.25, 0.3) is 0 Å². The van der Waals surface area contributed by atoms with Gasteiger partial charge in [-0.15, -0.1) is 0 Å². The highest BCUT2D eigenvalue weighted by Gasteiger charge is 2.36. The van der Waals surface area contributed by atoms with E-state index >= 15 is 0 Å². The first-order chi connectivity index (χ1) is 7.83. The Morgan fingerprint density at radius 1 is 1.31 bits per heavy atom. The molecule has 2 atom stereocenters. The second-order valence-corrected chi connectivity index (χ2v) is 4.79. The number of nitrogens with zero attached hydrogens (tertiary/aromatic N) is 3. The van der Waals surface area contributed by atoms with Gasteiger partial charge in [0.2, 0.25) is 0 Å². The zero-order valence-electron chi connectivity index (χ0n) is 9.65. The summed E-state index contributed by atoms with van der Waals surface area (Å²) in [5.74, 6) is 0.695. The molecular weight excluding hydrogens is 204 g/mol. The largest absolute Gasteiger partial charge is 0.333 e. The maximum Gasteiger partial charge on any atom is 0.321 e. The fourth-order valence-corrected chi connectivity index (χ4v) is 2.93. The van der Waals surface area contributed by atoms with Crippen molar-refractivity contribution in [2.24, 2.45) is 0 Å². The molecule has 16 heavy (non-hydrogen) atoms. The monoisotopic (exact) mass is 222 g/mol. The Hall–Kier alpha value is -1.10. The van der Waals surface area contributed by atoms with Crippen LogP contribution in [0.1, 0.15) is 31.5 Å². The molecular formula is C11H18N4O. The van der Waals surface area contributed by atoms with Crippen molar-refractivity contribution >= 4 is 6.01 Å². The Kier molecular flexibility index (Phi) is 2.55. The standard InChI is InChI=1S/C11H18N4O/c1-8-12-11(16-14-8)13-9-5-7-15-6-3-2-4-10(9)15/h9-10H,2-7H2,1H3,(H,12,13,14). The smallest absolute Gasteiger partial charge is 0.321 e. The van der Waals surface area contributed by atoms with Crippen LogP contribution < -0.4 is 5.32 Å². The van der Waals surface area contributed by atoms with Crippen LogP contribution in [0.3, 0.4) is 0 Å². The van der Waals surface area contributed by atoms with Crippen molar-refractivity contribution in [2.75, 3.05) is 18.4 Å². The molecule has 2 unspecified atom stereocenters. The van der Waals surface area contributed by atoms with E-state index in [0.717, 1.165) is 0 Å². The average molecular weight is 222 g/mol. The van der Waals surface area contributed by atoms with Crippen LogP contribution in [0, 0.1) is 6.92 Å². The number of hydrogen-bond donors (Lipinski definition) is 1. The van der Waals surface area contributed by atoms with E-state index in [1.807, 2.05) is 6.92 Å². The average Bonchev–Trinajstić information content (AvgIpc) is 2.87. The SMILES string of the molecule is Cc1noc(NC2CCN3CCCCC23)n1. The summed E-state index contributed by atoms with van der Waals surface area (Å²) in [6.07, 6.45) is 5.18. The maximum atomic E-state index is 5.12. The Morgan fingerprint density at radius 2 is 2.25 bits per heavy atom. The molecule has 3 rings (SSSR count). The van der Waals surface area contributed by atoms with Crippen LogP contribution >= 0.6 is 0 Å². The highest BCUT2D eigenvalue weighted by atomic mass is 16.5. The van der Waals surface area contributed by atoms with Gasteiger partial charge in [0, 0.05) is 18.6 Å². The van der Waals surface area contributed by atoms with E-state index in [2.05, 4.69) is 20.4 Å². The molecule has 2 saturated heterocycles. The van der Waals surface area contributed by atoms with Crippen molar-refractivity contribution in [3.8, 4) is 0 Å². The number of fused-ring (bicyclic) bond motifs is 1. The molecule has 0 bridgehead atoms. The van der Waals surface area contributed by atoms with Gasteiger partial charge in [-0.05, 0) is 32.7 Å². The highest BCUT2D eigenvalue weighted by Crippen LogP contribution is 2.28. The van der Waals surface area contributed by atoms with E-state index < -0.39 is 0 Å². The minimum absolute atomic E-state index is 0.486. The predicted octanol–water partition coefficient (Wildman–Crippen LogP) is 1.42. The summed E-state index contributed by atoms with van der Waals surface area (Å²) in [4.78, 5) is 6.79. The quantitative estimate of drug-likeness (QED) is 0.820. The van der Waals surface area contributed by atoms with Crippen molar-refractivity contribution < 1.29 is 4.52 Å². The van der Waals surface area contributed by atoms with Crippen molar-refractivity contribution in [1.82, 2.24) is 15.0 Å². The summed E-state index contributed by atoms with van der Waals surface area (Å²) in [6.45, 7) is 4.30. The summed E-state index contributed by atoms with van der Waals surface area (Å²) < 4.78 is 5.12. The normalized spacial score (nSPS) is 30.3. The molecule has 2 aliphatic heterocycles. The van der Waals surface area contributed by atoms with Gasteiger partial charge in [-0.2, -0.15) is 4.98 Å². The lowest BCUT2D eigenvalue weighted by Gasteiger charge is -2.32. The molecule has 88 valence electrons. The zero-order chi connectivity index (χ0) is 11.0. The first kappa shape index (κ1) is 10.1. The minimum Gasteiger partial charge on any atom is -0.333 e. The molecule has 0 spiro atoms. The van der Waals surface area contributed by atoms with Gasteiger partial charge >= 0.3 is 6.01 Å². The number of aryl methyl sites for hydroxylation is 1. The fourth-order valence-electron chi connectivity index (χ4n) is 2.93. The Bertz CT molecular complexity index is 365. The van der Waals surface area contributed by atoms with Crippen LogP contribution in [0.4, 0.5) is 6.01 Å². The summed E-state index contributed by atoms with van der Waals surface area (Å²) in [5.41, 5.74) is 0. The van der Waals surface area contributed by atoms with E-state index in [4.69, 9.17) is 4.52 Å². The van der Waals surface area contributed by atoms with Gasteiger partial charge in [0.05, 0.1) is 0 Å². The van der Waals surface area contributed by atoms with Gasteiger partial charge in [-0.25, -0.2) is 0 Å². The zero-order valence-corrected chi connectivity index (χ0v) is 9.65. The Morgan fingerprint density at radius 3 is 3.06 bits per heavy atom. The van der Waals surface area contributed by atoms with E-state index in [0.29, 0.717) is 23.9 Å². The van der Waals surface area contributed by atoms with E-state index in [9.17, 15) is 0 Å². The Balaban J connectivity index is 1.67. The van der Waals surface area contributed by atoms with Gasteiger partial charge in [-0.1, -0.05) is 11.6 Å². The molecule has 0 amide bonds. The molecule has 2 fully saturated rings. The highest BCUT2D eigenvalue weighted by molar-refractivity contribution is 5.23. The van der Waals surface area contributed by atoms with Gasteiger partial charge in [0.1, 0.15) is 0 Å². The van der Waals surface area contributed by atoms with Crippen LogP contribution in [0.15, 0.2) is 4.52 Å². The summed E-state index contributed by atoms with van der Waals surface area (Å²) in [7, 11) is 0. The predicted molar refractivity (Wildman–Crippen MR) is 60.3 cm³/mol. The van der Waals surface area contributed by atoms with Gasteiger partial charge in [0.15, 0.2) is 5.82 Å². The first-order valence-electron chi connectivity index (χ1n) is 6.14. The fraction of sp³-hybridized carbons (Fsp3) is 0.818. The molecule has 0 radical (unpaired) electrons. The van der Waals surface area contributed by atoms with Crippen LogP contribution in [-0.4, -0.2) is 40.2 Å². The number of nitrogens with one attached hydrogen (secondary N) is 1. The van der Waals surface area contributed by atoms with Crippen molar-refractivity contribution in [1.29, 1.82) is 0 Å². The first-order valence-corrected chi connectivity index (χ1v) is 6.14.